The number of esters is 3. The van der Waals surface area contributed by atoms with E-state index in [-0.39, 0.29) is 81.0 Å². The minimum Gasteiger partial charge on any atom is -0.462 e. The summed E-state index contributed by atoms with van der Waals surface area (Å²) < 4.78 is 18.3. The fourth-order valence-electron chi connectivity index (χ4n) is 12.4. The number of hydrogen-bond acceptors (Lipinski definition) is 8. The van der Waals surface area contributed by atoms with Crippen LogP contribution in [0.1, 0.15) is 127 Å². The van der Waals surface area contributed by atoms with Gasteiger partial charge in [-0.3, -0.25) is 14.4 Å². The summed E-state index contributed by atoms with van der Waals surface area (Å²) in [6, 6.07) is 0. The molecule has 0 saturated heterocycles. The summed E-state index contributed by atoms with van der Waals surface area (Å²) in [6.45, 7) is 19.2. The number of carbonyl (C=O) groups excluding carboxylic acids is 3. The molecule has 5 aliphatic carbocycles. The molecule has 44 heavy (non-hydrogen) atoms. The summed E-state index contributed by atoms with van der Waals surface area (Å²) in [5.41, 5.74) is -1.64. The first kappa shape index (κ1) is 33.7. The van der Waals surface area contributed by atoms with Crippen molar-refractivity contribution in [2.75, 3.05) is 0 Å². The van der Waals surface area contributed by atoms with Gasteiger partial charge in [-0.15, -0.1) is 0 Å². The van der Waals surface area contributed by atoms with E-state index in [1.165, 1.54) is 20.8 Å². The van der Waals surface area contributed by atoms with Crippen molar-refractivity contribution in [2.45, 2.75) is 157 Å². The van der Waals surface area contributed by atoms with Gasteiger partial charge in [-0.05, 0) is 105 Å². The van der Waals surface area contributed by atoms with Gasteiger partial charge >= 0.3 is 17.9 Å². The molecule has 0 bridgehead atoms. The zero-order valence-electron chi connectivity index (χ0n) is 28.8. The van der Waals surface area contributed by atoms with Crippen molar-refractivity contribution in [3.63, 3.8) is 0 Å². The van der Waals surface area contributed by atoms with Crippen LogP contribution in [-0.4, -0.2) is 58.1 Å². The maximum atomic E-state index is 12.6. The molecule has 5 saturated carbocycles. The van der Waals surface area contributed by atoms with Crippen LogP contribution in [0.4, 0.5) is 0 Å². The fourth-order valence-corrected chi connectivity index (χ4v) is 12.4. The van der Waals surface area contributed by atoms with Crippen molar-refractivity contribution in [1.29, 1.82) is 0 Å². The molecule has 2 N–H and O–H groups in total. The third-order valence-electron chi connectivity index (χ3n) is 14.3. The van der Waals surface area contributed by atoms with Crippen molar-refractivity contribution in [3.05, 3.63) is 0 Å². The highest BCUT2D eigenvalue weighted by atomic mass is 16.6. The van der Waals surface area contributed by atoms with Gasteiger partial charge in [0.05, 0.1) is 11.7 Å². The largest absolute Gasteiger partial charge is 0.462 e. The quantitative estimate of drug-likeness (QED) is 0.252. The van der Waals surface area contributed by atoms with E-state index in [0.717, 1.165) is 51.4 Å². The fraction of sp³-hybridized carbons (Fsp3) is 0.917. The second kappa shape index (κ2) is 10.7. The average Bonchev–Trinajstić information content (AvgIpc) is 3.46. The van der Waals surface area contributed by atoms with Crippen molar-refractivity contribution in [3.8, 4) is 0 Å². The first-order valence-electron chi connectivity index (χ1n) is 17.1. The van der Waals surface area contributed by atoms with Gasteiger partial charge in [0.2, 0.25) is 0 Å². The molecule has 0 radical (unpaired) electrons. The van der Waals surface area contributed by atoms with E-state index >= 15 is 0 Å². The molecule has 5 aliphatic rings. The highest BCUT2D eigenvalue weighted by molar-refractivity contribution is 5.67. The van der Waals surface area contributed by atoms with Crippen molar-refractivity contribution < 1.29 is 38.8 Å². The smallest absolute Gasteiger partial charge is 0.302 e. The van der Waals surface area contributed by atoms with Crippen LogP contribution in [0.5, 0.6) is 0 Å². The SMILES string of the molecule is CC(=O)O[C@H]1C[C@@]2(C)[C@@H]3C[C@H](OC(C)=O)[C@H]4C(C)(C)[C@@H](OC(C)=O)CC[C@@]45C[C@@]35CC[C@]2(C)[C@H]1[C@H](C)CC[C@@H](O)C(C)(C)O. The van der Waals surface area contributed by atoms with Gasteiger partial charge in [0.15, 0.2) is 0 Å². The Labute approximate surface area is 264 Å². The Morgan fingerprint density at radius 2 is 1.43 bits per heavy atom. The number of rotatable bonds is 8. The molecule has 0 aromatic carbocycles. The van der Waals surface area contributed by atoms with Gasteiger partial charge in [-0.2, -0.15) is 0 Å². The molecule has 0 amide bonds. The standard InChI is InChI=1S/C36H58O8/c1-20(11-12-27(40)32(7,8)41)29-25(43-22(3)38)18-34(10)26-17-24(42-21(2)37)30-31(5,6)28(44-23(4)39)13-14-36(30)19-35(26,36)16-15-33(29,34)9/h20,24-30,40-41H,11-19H2,1-10H3/t20-,24+,25+,26+,27-,28+,29+,30+,33-,34+,35+,36-/m1/s1. The lowest BCUT2D eigenvalue weighted by molar-refractivity contribution is -0.216. The molecule has 12 atom stereocenters. The molecular formula is C36H58O8. The molecular weight excluding hydrogens is 560 g/mol. The van der Waals surface area contributed by atoms with Gasteiger partial charge in [-0.25, -0.2) is 0 Å². The predicted octanol–water partition coefficient (Wildman–Crippen LogP) is 5.99. The summed E-state index contributed by atoms with van der Waals surface area (Å²) in [4.78, 5) is 37.2. The van der Waals surface area contributed by atoms with E-state index in [0.29, 0.717) is 12.3 Å². The molecule has 5 rings (SSSR count). The van der Waals surface area contributed by atoms with Crippen LogP contribution in [0.15, 0.2) is 0 Å². The minimum absolute atomic E-state index is 0.0258. The Balaban J connectivity index is 1.52. The van der Waals surface area contributed by atoms with Crippen LogP contribution >= 0.6 is 0 Å². The van der Waals surface area contributed by atoms with Gasteiger partial charge < -0.3 is 24.4 Å². The van der Waals surface area contributed by atoms with E-state index in [1.807, 2.05) is 0 Å². The van der Waals surface area contributed by atoms with Crippen LogP contribution in [0.25, 0.3) is 0 Å². The number of fused-ring (bicyclic) bond motifs is 2. The molecule has 2 spiro atoms. The third-order valence-corrected chi connectivity index (χ3v) is 14.3. The molecule has 0 heterocycles. The van der Waals surface area contributed by atoms with Crippen molar-refractivity contribution in [2.24, 2.45) is 50.7 Å². The highest BCUT2D eigenvalue weighted by Crippen LogP contribution is 2.89. The van der Waals surface area contributed by atoms with Crippen molar-refractivity contribution >= 4 is 17.9 Å². The Hall–Kier alpha value is -1.67. The lowest BCUT2D eigenvalue weighted by Crippen LogP contribution is -2.62. The van der Waals surface area contributed by atoms with Crippen LogP contribution in [0, 0.1) is 50.7 Å². The first-order chi connectivity index (χ1) is 20.2. The summed E-state index contributed by atoms with van der Waals surface area (Å²) in [5.74, 6) is -0.117. The normalized spacial score (nSPS) is 45.0. The minimum atomic E-state index is -1.17. The van der Waals surface area contributed by atoms with Crippen LogP contribution in [0.2, 0.25) is 0 Å². The lowest BCUT2D eigenvalue weighted by Gasteiger charge is -2.64. The number of aliphatic hydroxyl groups excluding tert-OH is 1. The number of ether oxygens (including phenoxy) is 3. The predicted molar refractivity (Wildman–Crippen MR) is 165 cm³/mol. The van der Waals surface area contributed by atoms with E-state index in [1.54, 1.807) is 13.8 Å². The molecule has 0 aliphatic heterocycles. The Bertz CT molecular complexity index is 1170. The number of hydrogen-bond donors (Lipinski definition) is 2. The molecule has 0 aromatic rings. The van der Waals surface area contributed by atoms with Crippen LogP contribution in [-0.2, 0) is 28.6 Å². The van der Waals surface area contributed by atoms with E-state index in [4.69, 9.17) is 14.2 Å². The molecule has 8 heteroatoms. The van der Waals surface area contributed by atoms with E-state index in [9.17, 15) is 24.6 Å². The average molecular weight is 619 g/mol. The summed E-state index contributed by atoms with van der Waals surface area (Å²) in [5, 5.41) is 21.0. The lowest BCUT2D eigenvalue weighted by atomic mass is 9.41. The Kier molecular flexibility index (Phi) is 8.18. The third kappa shape index (κ3) is 4.86. The zero-order chi connectivity index (χ0) is 32.8. The second-order valence-corrected chi connectivity index (χ2v) is 17.3. The molecule has 8 nitrogen and oxygen atoms in total. The van der Waals surface area contributed by atoms with Crippen LogP contribution < -0.4 is 0 Å². The molecule has 5 fully saturated rings. The topological polar surface area (TPSA) is 119 Å². The molecule has 0 aromatic heterocycles. The first-order valence-corrected chi connectivity index (χ1v) is 17.1. The van der Waals surface area contributed by atoms with E-state index < -0.39 is 11.7 Å². The summed E-state index contributed by atoms with van der Waals surface area (Å²) in [6.07, 6.45) is 6.19. The van der Waals surface area contributed by atoms with Gasteiger partial charge in [0, 0.05) is 38.0 Å². The van der Waals surface area contributed by atoms with Crippen molar-refractivity contribution in [1.82, 2.24) is 0 Å². The van der Waals surface area contributed by atoms with Crippen LogP contribution in [0.3, 0.4) is 0 Å². The number of carbonyl (C=O) groups is 3. The highest BCUT2D eigenvalue weighted by Gasteiger charge is 2.85. The zero-order valence-corrected chi connectivity index (χ0v) is 28.8. The van der Waals surface area contributed by atoms with Gasteiger partial charge in [0.25, 0.3) is 0 Å². The van der Waals surface area contributed by atoms with Gasteiger partial charge in [-0.1, -0.05) is 34.6 Å². The summed E-state index contributed by atoms with van der Waals surface area (Å²) >= 11 is 0. The molecule has 250 valence electrons. The maximum absolute atomic E-state index is 12.6. The molecule has 0 unspecified atom stereocenters. The Morgan fingerprint density at radius 3 is 2.00 bits per heavy atom. The summed E-state index contributed by atoms with van der Waals surface area (Å²) in [7, 11) is 0. The maximum Gasteiger partial charge on any atom is 0.302 e. The second-order valence-electron chi connectivity index (χ2n) is 17.3. The van der Waals surface area contributed by atoms with Gasteiger partial charge in [0.1, 0.15) is 18.3 Å². The number of aliphatic hydroxyl groups is 2. The Morgan fingerprint density at radius 1 is 0.841 bits per heavy atom. The van der Waals surface area contributed by atoms with E-state index in [2.05, 4.69) is 34.6 Å². The monoisotopic (exact) mass is 618 g/mol.